The fourth-order valence-corrected chi connectivity index (χ4v) is 1.98. The minimum atomic E-state index is 0.117. The Morgan fingerprint density at radius 2 is 2.07 bits per heavy atom. The molecule has 2 heterocycles. The van der Waals surface area contributed by atoms with E-state index < -0.39 is 0 Å². The van der Waals surface area contributed by atoms with Crippen molar-refractivity contribution in [2.45, 2.75) is 39.5 Å². The van der Waals surface area contributed by atoms with E-state index in [0.29, 0.717) is 0 Å². The zero-order chi connectivity index (χ0) is 10.3. The minimum Gasteiger partial charge on any atom is -0.493 e. The average Bonchev–Trinajstić information content (AvgIpc) is 2.50. The van der Waals surface area contributed by atoms with E-state index in [1.807, 2.05) is 6.20 Å². The summed E-state index contributed by atoms with van der Waals surface area (Å²) < 4.78 is 5.63. The summed E-state index contributed by atoms with van der Waals surface area (Å²) in [5, 5.41) is 0. The first kappa shape index (κ1) is 9.50. The summed E-state index contributed by atoms with van der Waals surface area (Å²) in [7, 11) is 0. The lowest BCUT2D eigenvalue weighted by Gasteiger charge is -2.20. The Morgan fingerprint density at radius 1 is 1.36 bits per heavy atom. The van der Waals surface area contributed by atoms with E-state index in [-0.39, 0.29) is 5.41 Å². The maximum Gasteiger partial charge on any atom is 0.128 e. The van der Waals surface area contributed by atoms with Gasteiger partial charge in [-0.2, -0.15) is 0 Å². The van der Waals surface area contributed by atoms with Gasteiger partial charge >= 0.3 is 0 Å². The smallest absolute Gasteiger partial charge is 0.128 e. The number of aromatic nitrogens is 1. The molecule has 0 saturated carbocycles. The molecule has 0 spiro atoms. The zero-order valence-electron chi connectivity index (χ0n) is 9.35. The molecule has 0 fully saturated rings. The number of aryl methyl sites for hydroxylation is 1. The first-order valence-corrected chi connectivity index (χ1v) is 5.12. The molecule has 0 amide bonds. The predicted molar refractivity (Wildman–Crippen MR) is 56.9 cm³/mol. The molecule has 2 nitrogen and oxygen atoms in total. The summed E-state index contributed by atoms with van der Waals surface area (Å²) in [6.45, 7) is 9.46. The molecule has 0 bridgehead atoms. The van der Waals surface area contributed by atoms with Crippen LogP contribution < -0.4 is 4.74 Å². The monoisotopic (exact) mass is 191 g/mol. The lowest BCUT2D eigenvalue weighted by Crippen LogP contribution is -2.16. The molecule has 1 aromatic heterocycles. The Bertz CT molecular complexity index is 363. The zero-order valence-corrected chi connectivity index (χ0v) is 9.35. The van der Waals surface area contributed by atoms with E-state index in [1.54, 1.807) is 0 Å². The third-order valence-corrected chi connectivity index (χ3v) is 2.61. The van der Waals surface area contributed by atoms with Crippen LogP contribution in [0.15, 0.2) is 6.20 Å². The highest BCUT2D eigenvalue weighted by Crippen LogP contribution is 2.35. The first-order valence-electron chi connectivity index (χ1n) is 5.12. The van der Waals surface area contributed by atoms with Gasteiger partial charge in [0.1, 0.15) is 5.75 Å². The second-order valence-corrected chi connectivity index (χ2v) is 4.95. The van der Waals surface area contributed by atoms with Gasteiger partial charge in [0.25, 0.3) is 0 Å². The van der Waals surface area contributed by atoms with Crippen molar-refractivity contribution >= 4 is 0 Å². The third-order valence-electron chi connectivity index (χ3n) is 2.61. The van der Waals surface area contributed by atoms with Crippen LogP contribution in [-0.4, -0.2) is 11.6 Å². The van der Waals surface area contributed by atoms with E-state index in [1.165, 1.54) is 11.3 Å². The summed E-state index contributed by atoms with van der Waals surface area (Å²) in [5.41, 5.74) is 3.78. The normalized spacial score (nSPS) is 15.1. The lowest BCUT2D eigenvalue weighted by molar-refractivity contribution is 0.354. The van der Waals surface area contributed by atoms with Crippen molar-refractivity contribution in [1.29, 1.82) is 0 Å². The topological polar surface area (TPSA) is 22.1 Å². The van der Waals surface area contributed by atoms with Crippen molar-refractivity contribution in [2.75, 3.05) is 6.61 Å². The van der Waals surface area contributed by atoms with Gasteiger partial charge in [0, 0.05) is 29.2 Å². The molecule has 14 heavy (non-hydrogen) atoms. The van der Waals surface area contributed by atoms with Gasteiger partial charge < -0.3 is 4.74 Å². The van der Waals surface area contributed by atoms with Crippen molar-refractivity contribution in [2.24, 2.45) is 0 Å². The van der Waals surface area contributed by atoms with Crippen LogP contribution in [-0.2, 0) is 11.8 Å². The van der Waals surface area contributed by atoms with Gasteiger partial charge in [-0.3, -0.25) is 4.98 Å². The van der Waals surface area contributed by atoms with Crippen molar-refractivity contribution < 1.29 is 4.74 Å². The van der Waals surface area contributed by atoms with Crippen molar-refractivity contribution in [3.63, 3.8) is 0 Å². The third kappa shape index (κ3) is 1.39. The van der Waals surface area contributed by atoms with Gasteiger partial charge in [-0.15, -0.1) is 0 Å². The molecule has 0 aromatic carbocycles. The molecule has 1 aromatic rings. The number of fused-ring (bicyclic) bond motifs is 1. The van der Waals surface area contributed by atoms with Crippen LogP contribution in [0.1, 0.15) is 37.6 Å². The van der Waals surface area contributed by atoms with Gasteiger partial charge in [0.2, 0.25) is 0 Å². The summed E-state index contributed by atoms with van der Waals surface area (Å²) in [5.74, 6) is 1.07. The van der Waals surface area contributed by atoms with Crippen LogP contribution in [0.25, 0.3) is 0 Å². The Hall–Kier alpha value is -1.05. The molecule has 0 radical (unpaired) electrons. The van der Waals surface area contributed by atoms with Gasteiger partial charge in [-0.1, -0.05) is 20.8 Å². The van der Waals surface area contributed by atoms with Crippen LogP contribution in [0, 0.1) is 6.92 Å². The summed E-state index contributed by atoms with van der Waals surface area (Å²) in [4.78, 5) is 4.54. The molecular formula is C12H17NO. The second-order valence-electron chi connectivity index (χ2n) is 4.95. The van der Waals surface area contributed by atoms with Crippen LogP contribution >= 0.6 is 0 Å². The van der Waals surface area contributed by atoms with Crippen LogP contribution in [0.4, 0.5) is 0 Å². The fourth-order valence-electron chi connectivity index (χ4n) is 1.98. The number of rotatable bonds is 0. The minimum absolute atomic E-state index is 0.117. The molecule has 1 aliphatic rings. The number of ether oxygens (including phenoxy) is 1. The standard InChI is InChI=1S/C12H17NO/c1-8-7-13-11(12(2,3)4)9-5-6-14-10(8)9/h7H,5-6H2,1-4H3. The molecule has 1 aliphatic heterocycles. The highest BCUT2D eigenvalue weighted by molar-refractivity contribution is 5.46. The molecule has 0 N–H and O–H groups in total. The highest BCUT2D eigenvalue weighted by Gasteiger charge is 2.26. The molecule has 0 saturated heterocycles. The van der Waals surface area contributed by atoms with Crippen LogP contribution in [0.3, 0.4) is 0 Å². The molecule has 2 heteroatoms. The molecule has 0 aliphatic carbocycles. The number of nitrogens with zero attached hydrogens (tertiary/aromatic N) is 1. The van der Waals surface area contributed by atoms with Crippen molar-refractivity contribution in [3.05, 3.63) is 23.0 Å². The maximum atomic E-state index is 5.63. The molecule has 76 valence electrons. The SMILES string of the molecule is Cc1cnc(C(C)(C)C)c2c1OCC2. The Balaban J connectivity index is 2.60. The van der Waals surface area contributed by atoms with Gasteiger partial charge in [0.15, 0.2) is 0 Å². The maximum absolute atomic E-state index is 5.63. The van der Waals surface area contributed by atoms with Gasteiger partial charge in [-0.05, 0) is 6.92 Å². The lowest BCUT2D eigenvalue weighted by atomic mass is 9.87. The van der Waals surface area contributed by atoms with E-state index in [0.717, 1.165) is 24.3 Å². The fraction of sp³-hybridized carbons (Fsp3) is 0.583. The largest absolute Gasteiger partial charge is 0.493 e. The predicted octanol–water partition coefficient (Wildman–Crippen LogP) is 2.62. The van der Waals surface area contributed by atoms with E-state index in [2.05, 4.69) is 32.7 Å². The van der Waals surface area contributed by atoms with Crippen molar-refractivity contribution in [3.8, 4) is 5.75 Å². The van der Waals surface area contributed by atoms with Crippen LogP contribution in [0.5, 0.6) is 5.75 Å². The van der Waals surface area contributed by atoms with E-state index >= 15 is 0 Å². The Kier molecular flexibility index (Phi) is 2.02. The number of hydrogen-bond donors (Lipinski definition) is 0. The van der Waals surface area contributed by atoms with Crippen LogP contribution in [0.2, 0.25) is 0 Å². The highest BCUT2D eigenvalue weighted by atomic mass is 16.5. The summed E-state index contributed by atoms with van der Waals surface area (Å²) in [6.07, 6.45) is 2.93. The molecule has 2 rings (SSSR count). The average molecular weight is 191 g/mol. The molecular weight excluding hydrogens is 174 g/mol. The number of pyridine rings is 1. The summed E-state index contributed by atoms with van der Waals surface area (Å²) in [6, 6.07) is 0. The first-order chi connectivity index (χ1) is 6.50. The van der Waals surface area contributed by atoms with E-state index in [4.69, 9.17) is 4.74 Å². The second kappa shape index (κ2) is 2.97. The molecule has 0 atom stereocenters. The van der Waals surface area contributed by atoms with E-state index in [9.17, 15) is 0 Å². The summed E-state index contributed by atoms with van der Waals surface area (Å²) >= 11 is 0. The van der Waals surface area contributed by atoms with Gasteiger partial charge in [0.05, 0.1) is 12.3 Å². The number of hydrogen-bond acceptors (Lipinski definition) is 2. The van der Waals surface area contributed by atoms with Gasteiger partial charge in [-0.25, -0.2) is 0 Å². The van der Waals surface area contributed by atoms with Crippen molar-refractivity contribution in [1.82, 2.24) is 4.98 Å². The Morgan fingerprint density at radius 3 is 2.71 bits per heavy atom. The quantitative estimate of drug-likeness (QED) is 0.629. The Labute approximate surface area is 85.3 Å². The molecule has 0 unspecified atom stereocenters.